The molecule has 2 aromatic carbocycles. The van der Waals surface area contributed by atoms with Crippen LogP contribution in [0, 0.1) is 10.1 Å². The highest BCUT2D eigenvalue weighted by molar-refractivity contribution is 6.31. The van der Waals surface area contributed by atoms with Crippen molar-refractivity contribution >= 4 is 29.0 Å². The second-order valence-corrected chi connectivity index (χ2v) is 7.05. The quantitative estimate of drug-likeness (QED) is 0.631. The molecule has 2 amide bonds. The fraction of sp³-hybridized carbons (Fsp3) is 0.278. The summed E-state index contributed by atoms with van der Waals surface area (Å²) >= 11 is 6.13. The molecule has 1 N–H and O–H groups in total. The molecule has 0 radical (unpaired) electrons. The number of halogens is 1. The van der Waals surface area contributed by atoms with Crippen LogP contribution in [0.15, 0.2) is 36.4 Å². The molecule has 1 unspecified atom stereocenters. The van der Waals surface area contributed by atoms with Crippen molar-refractivity contribution in [1.82, 2.24) is 5.32 Å². The van der Waals surface area contributed by atoms with Crippen LogP contribution in [0.1, 0.15) is 24.9 Å². The van der Waals surface area contributed by atoms with E-state index in [4.69, 9.17) is 21.1 Å². The van der Waals surface area contributed by atoms with Crippen LogP contribution in [0.3, 0.4) is 0 Å². The molecule has 140 valence electrons. The molecule has 0 aromatic heterocycles. The third-order valence-electron chi connectivity index (χ3n) is 4.85. The van der Waals surface area contributed by atoms with Crippen molar-refractivity contribution in [2.75, 3.05) is 12.0 Å². The Labute approximate surface area is 159 Å². The van der Waals surface area contributed by atoms with Gasteiger partial charge in [-0.1, -0.05) is 11.6 Å². The van der Waals surface area contributed by atoms with Gasteiger partial charge in [-0.25, -0.2) is 4.79 Å². The van der Waals surface area contributed by atoms with Crippen molar-refractivity contribution in [1.29, 1.82) is 0 Å². The number of carbonyl (C=O) groups is 1. The van der Waals surface area contributed by atoms with Crippen LogP contribution in [0.4, 0.5) is 16.2 Å². The highest BCUT2D eigenvalue weighted by atomic mass is 35.5. The average Bonchev–Trinajstić information content (AvgIpc) is 2.60. The number of nitrogens with zero attached hydrogens (tertiary/aromatic N) is 2. The van der Waals surface area contributed by atoms with Crippen molar-refractivity contribution in [3.63, 3.8) is 0 Å². The van der Waals surface area contributed by atoms with Crippen molar-refractivity contribution in [3.05, 3.63) is 57.1 Å². The fourth-order valence-corrected chi connectivity index (χ4v) is 3.84. The number of nitrogens with one attached hydrogen (secondary N) is 1. The smallest absolute Gasteiger partial charge is 0.325 e. The Morgan fingerprint density at radius 2 is 2.15 bits per heavy atom. The van der Waals surface area contributed by atoms with Crippen LogP contribution in [0.25, 0.3) is 0 Å². The molecule has 2 aromatic rings. The van der Waals surface area contributed by atoms with Crippen LogP contribution in [0.5, 0.6) is 11.5 Å². The van der Waals surface area contributed by atoms with E-state index in [9.17, 15) is 14.9 Å². The number of ether oxygens (including phenoxy) is 2. The van der Waals surface area contributed by atoms with Gasteiger partial charge in [-0.3, -0.25) is 15.0 Å². The number of non-ortho nitro benzene ring substituents is 1. The van der Waals surface area contributed by atoms with Crippen LogP contribution in [-0.2, 0) is 0 Å². The molecule has 2 heterocycles. The van der Waals surface area contributed by atoms with Gasteiger partial charge in [-0.15, -0.1) is 0 Å². The number of anilines is 1. The topological polar surface area (TPSA) is 93.9 Å². The summed E-state index contributed by atoms with van der Waals surface area (Å²) in [4.78, 5) is 25.0. The molecular formula is C18H16ClN3O5. The first kappa shape index (κ1) is 17.4. The van der Waals surface area contributed by atoms with Gasteiger partial charge in [0, 0.05) is 29.1 Å². The zero-order valence-corrected chi connectivity index (χ0v) is 15.3. The molecule has 0 spiro atoms. The summed E-state index contributed by atoms with van der Waals surface area (Å²) < 4.78 is 11.5. The van der Waals surface area contributed by atoms with Crippen LogP contribution in [-0.4, -0.2) is 23.8 Å². The first-order valence-electron chi connectivity index (χ1n) is 8.24. The lowest BCUT2D eigenvalue weighted by molar-refractivity contribution is -0.385. The van der Waals surface area contributed by atoms with Crippen LogP contribution in [0.2, 0.25) is 5.02 Å². The van der Waals surface area contributed by atoms with Crippen LogP contribution < -0.4 is 19.7 Å². The number of rotatable bonds is 3. The van der Waals surface area contributed by atoms with E-state index in [2.05, 4.69) is 5.32 Å². The summed E-state index contributed by atoms with van der Waals surface area (Å²) in [6, 6.07) is 8.58. The molecule has 2 atom stereocenters. The number of hydrogen-bond acceptors (Lipinski definition) is 5. The van der Waals surface area contributed by atoms with Gasteiger partial charge < -0.3 is 14.8 Å². The minimum absolute atomic E-state index is 0.0471. The van der Waals surface area contributed by atoms with Gasteiger partial charge in [0.05, 0.1) is 23.8 Å². The normalized spacial score (nSPS) is 23.1. The van der Waals surface area contributed by atoms with E-state index >= 15 is 0 Å². The van der Waals surface area contributed by atoms with E-state index in [0.29, 0.717) is 34.2 Å². The molecule has 4 rings (SSSR count). The van der Waals surface area contributed by atoms with Gasteiger partial charge in [0.2, 0.25) is 0 Å². The monoisotopic (exact) mass is 389 g/mol. The number of nitro benzene ring substituents is 1. The molecule has 0 saturated carbocycles. The van der Waals surface area contributed by atoms with E-state index in [1.54, 1.807) is 31.2 Å². The summed E-state index contributed by atoms with van der Waals surface area (Å²) in [5.41, 5.74) is 0.0179. The first-order chi connectivity index (χ1) is 12.8. The number of benzene rings is 2. The molecule has 1 saturated heterocycles. The molecule has 8 nitrogen and oxygen atoms in total. The number of carbonyl (C=O) groups excluding carboxylic acids is 1. The highest BCUT2D eigenvalue weighted by Crippen LogP contribution is 2.48. The molecule has 2 bridgehead atoms. The Hall–Kier alpha value is -3.00. The van der Waals surface area contributed by atoms with E-state index < -0.39 is 22.7 Å². The third-order valence-corrected chi connectivity index (χ3v) is 5.08. The zero-order valence-electron chi connectivity index (χ0n) is 14.6. The van der Waals surface area contributed by atoms with E-state index in [1.165, 1.54) is 24.1 Å². The number of fused-ring (bicyclic) bond motifs is 4. The largest absolute Gasteiger partial charge is 0.495 e. The minimum Gasteiger partial charge on any atom is -0.495 e. The van der Waals surface area contributed by atoms with Gasteiger partial charge >= 0.3 is 6.03 Å². The fourth-order valence-electron chi connectivity index (χ4n) is 3.68. The lowest BCUT2D eigenvalue weighted by Crippen LogP contribution is -2.65. The molecule has 9 heteroatoms. The second kappa shape index (κ2) is 6.02. The summed E-state index contributed by atoms with van der Waals surface area (Å²) in [5, 5.41) is 14.4. The molecule has 2 aliphatic rings. The maximum absolute atomic E-state index is 12.9. The predicted molar refractivity (Wildman–Crippen MR) is 98.5 cm³/mol. The number of urea groups is 1. The number of nitro groups is 1. The predicted octanol–water partition coefficient (Wildman–Crippen LogP) is 4.03. The highest BCUT2D eigenvalue weighted by Gasteiger charge is 2.50. The maximum atomic E-state index is 12.9. The molecule has 27 heavy (non-hydrogen) atoms. The van der Waals surface area contributed by atoms with Gasteiger partial charge in [0.25, 0.3) is 5.69 Å². The lowest BCUT2D eigenvalue weighted by atomic mass is 9.90. The average molecular weight is 390 g/mol. The van der Waals surface area contributed by atoms with Crippen molar-refractivity contribution in [3.8, 4) is 11.5 Å². The Morgan fingerprint density at radius 3 is 2.85 bits per heavy atom. The molecule has 0 aliphatic carbocycles. The Balaban J connectivity index is 1.81. The van der Waals surface area contributed by atoms with Gasteiger partial charge in [0.1, 0.15) is 11.5 Å². The van der Waals surface area contributed by atoms with Gasteiger partial charge in [-0.2, -0.15) is 0 Å². The summed E-state index contributed by atoms with van der Waals surface area (Å²) in [7, 11) is 1.51. The van der Waals surface area contributed by atoms with Crippen molar-refractivity contribution in [2.24, 2.45) is 0 Å². The second-order valence-electron chi connectivity index (χ2n) is 6.61. The van der Waals surface area contributed by atoms with Gasteiger partial charge in [-0.05, 0) is 31.2 Å². The van der Waals surface area contributed by atoms with Gasteiger partial charge in [0.15, 0.2) is 5.72 Å². The SMILES string of the molecule is COc1ccc(Cl)cc1N1C(=O)NC2C[C@]1(C)Oc1ccc([N+](=O)[O-])cc12. The summed E-state index contributed by atoms with van der Waals surface area (Å²) in [5.74, 6) is 0.970. The molecule has 2 aliphatic heterocycles. The molecule has 1 fully saturated rings. The van der Waals surface area contributed by atoms with E-state index in [1.807, 2.05) is 0 Å². The number of methoxy groups -OCH3 is 1. The minimum atomic E-state index is -1.01. The first-order valence-corrected chi connectivity index (χ1v) is 8.62. The van der Waals surface area contributed by atoms with Crippen LogP contribution >= 0.6 is 11.6 Å². The summed E-state index contributed by atoms with van der Waals surface area (Å²) in [6.07, 6.45) is 0.405. The van der Waals surface area contributed by atoms with Crippen molar-refractivity contribution < 1.29 is 19.2 Å². The Bertz CT molecular complexity index is 966. The Kier molecular flexibility index (Phi) is 3.88. The standard InChI is InChI=1S/C18H16ClN3O5/c1-18-9-13(12-8-11(22(24)25)4-6-15(12)27-18)20-17(23)21(18)14-7-10(19)3-5-16(14)26-2/h3-8,13H,9H2,1-2H3,(H,20,23)/t13?,18-/m0/s1. The Morgan fingerprint density at radius 1 is 1.37 bits per heavy atom. The maximum Gasteiger partial charge on any atom is 0.325 e. The van der Waals surface area contributed by atoms with E-state index in [0.717, 1.165) is 0 Å². The van der Waals surface area contributed by atoms with E-state index in [-0.39, 0.29) is 5.69 Å². The lowest BCUT2D eigenvalue weighted by Gasteiger charge is -2.50. The molecular weight excluding hydrogens is 374 g/mol. The third kappa shape index (κ3) is 2.73. The number of hydrogen-bond donors (Lipinski definition) is 1. The summed E-state index contributed by atoms with van der Waals surface area (Å²) in [6.45, 7) is 1.80. The van der Waals surface area contributed by atoms with Crippen molar-refractivity contribution in [2.45, 2.75) is 25.1 Å². The zero-order chi connectivity index (χ0) is 19.3. The number of amides is 2.